The molecule has 0 heterocycles. The highest BCUT2D eigenvalue weighted by molar-refractivity contribution is 5.91. The Morgan fingerprint density at radius 2 is 0.650 bits per heavy atom. The van der Waals surface area contributed by atoms with Crippen LogP contribution in [-0.4, -0.2) is 49.3 Å². The van der Waals surface area contributed by atoms with Crippen LogP contribution in [0.25, 0.3) is 0 Å². The summed E-state index contributed by atoms with van der Waals surface area (Å²) in [5, 5.41) is 0. The zero-order valence-electron chi connectivity index (χ0n) is 21.4. The van der Waals surface area contributed by atoms with Gasteiger partial charge in [0.1, 0.15) is 13.2 Å². The number of carbonyl (C=O) groups is 4. The molecule has 0 saturated heterocycles. The molecule has 202 valence electrons. The predicted molar refractivity (Wildman–Crippen MR) is 145 cm³/mol. The largest absolute Gasteiger partial charge is 0.458 e. The van der Waals surface area contributed by atoms with Crippen molar-refractivity contribution in [1.82, 2.24) is 0 Å². The van der Waals surface area contributed by atoms with Gasteiger partial charge in [-0.1, -0.05) is 72.8 Å². The van der Waals surface area contributed by atoms with Crippen LogP contribution in [0, 0.1) is 0 Å². The van der Waals surface area contributed by atoms with Crippen LogP contribution < -0.4 is 0 Å². The first-order chi connectivity index (χ1) is 19.5. The van der Waals surface area contributed by atoms with Crippen molar-refractivity contribution in [1.29, 1.82) is 0 Å². The van der Waals surface area contributed by atoms with Gasteiger partial charge in [-0.2, -0.15) is 0 Å². The molecule has 0 aliphatic rings. The molecule has 0 spiro atoms. The van der Waals surface area contributed by atoms with E-state index in [2.05, 4.69) is 0 Å². The van der Waals surface area contributed by atoms with Gasteiger partial charge < -0.3 is 18.9 Å². The fourth-order valence-electron chi connectivity index (χ4n) is 3.62. The van der Waals surface area contributed by atoms with E-state index >= 15 is 0 Å². The minimum atomic E-state index is -1.31. The molecule has 0 amide bonds. The molecule has 0 N–H and O–H groups in total. The molecule has 0 bridgehead atoms. The van der Waals surface area contributed by atoms with E-state index in [1.54, 1.807) is 121 Å². The number of hydrogen-bond acceptors (Lipinski definition) is 8. The van der Waals surface area contributed by atoms with Gasteiger partial charge in [0.2, 0.25) is 0 Å². The Labute approximate surface area is 231 Å². The maximum Gasteiger partial charge on any atom is 0.338 e. The lowest BCUT2D eigenvalue weighted by molar-refractivity contribution is -0.0752. The zero-order valence-corrected chi connectivity index (χ0v) is 21.4. The van der Waals surface area contributed by atoms with E-state index in [0.29, 0.717) is 0 Å². The van der Waals surface area contributed by atoms with E-state index in [-0.39, 0.29) is 22.3 Å². The minimum absolute atomic E-state index is 0.233. The summed E-state index contributed by atoms with van der Waals surface area (Å²) in [4.78, 5) is 51.3. The van der Waals surface area contributed by atoms with Crippen molar-refractivity contribution in [2.24, 2.45) is 0 Å². The number of benzene rings is 4. The van der Waals surface area contributed by atoms with Crippen LogP contribution in [0.4, 0.5) is 0 Å². The van der Waals surface area contributed by atoms with Crippen molar-refractivity contribution in [3.63, 3.8) is 0 Å². The van der Waals surface area contributed by atoms with Crippen LogP contribution in [0.3, 0.4) is 0 Å². The Morgan fingerprint density at radius 1 is 0.400 bits per heavy atom. The molecule has 0 fully saturated rings. The van der Waals surface area contributed by atoms with Gasteiger partial charge in [-0.15, -0.1) is 0 Å². The van der Waals surface area contributed by atoms with Crippen LogP contribution in [-0.2, 0) is 18.9 Å². The normalized spacial score (nSPS) is 11.9. The third-order valence-electron chi connectivity index (χ3n) is 5.73. The summed E-state index contributed by atoms with van der Waals surface area (Å²) in [6.45, 7) is -0.941. The molecule has 2 atom stereocenters. The van der Waals surface area contributed by atoms with Gasteiger partial charge >= 0.3 is 23.9 Å². The summed E-state index contributed by atoms with van der Waals surface area (Å²) in [6.07, 6.45) is -2.62. The van der Waals surface area contributed by atoms with Crippen molar-refractivity contribution >= 4 is 23.9 Å². The second-order valence-corrected chi connectivity index (χ2v) is 8.55. The van der Waals surface area contributed by atoms with Crippen LogP contribution in [0.2, 0.25) is 0 Å². The number of carbonyl (C=O) groups excluding carboxylic acids is 4. The summed E-state index contributed by atoms with van der Waals surface area (Å²) in [6, 6.07) is 32.8. The van der Waals surface area contributed by atoms with Gasteiger partial charge in [-0.25, -0.2) is 19.2 Å². The topological polar surface area (TPSA) is 105 Å². The van der Waals surface area contributed by atoms with Crippen molar-refractivity contribution in [3.8, 4) is 0 Å². The quantitative estimate of drug-likeness (QED) is 0.191. The van der Waals surface area contributed by atoms with Crippen LogP contribution in [0.1, 0.15) is 41.4 Å². The summed E-state index contributed by atoms with van der Waals surface area (Å²) in [5.41, 5.74) is 1.03. The maximum absolute atomic E-state index is 13.0. The third kappa shape index (κ3) is 7.88. The van der Waals surface area contributed by atoms with E-state index in [1.807, 2.05) is 0 Å². The first-order valence-electron chi connectivity index (χ1n) is 12.5. The van der Waals surface area contributed by atoms with Gasteiger partial charge in [0.05, 0.1) is 22.3 Å². The number of rotatable bonds is 11. The maximum atomic E-state index is 13.0. The first-order valence-corrected chi connectivity index (χ1v) is 12.5. The summed E-state index contributed by atoms with van der Waals surface area (Å²) >= 11 is 0. The Balaban J connectivity index is 1.58. The summed E-state index contributed by atoms with van der Waals surface area (Å²) in [5.74, 6) is -2.82. The molecule has 0 unspecified atom stereocenters. The fraction of sp³-hybridized carbons (Fsp3) is 0.125. The van der Waals surface area contributed by atoms with Gasteiger partial charge in [0.15, 0.2) is 12.2 Å². The lowest BCUT2D eigenvalue weighted by atomic mass is 10.1. The molecular formula is C32H26O8. The average Bonchev–Trinajstić information content (AvgIpc) is 3.02. The summed E-state index contributed by atoms with van der Waals surface area (Å²) < 4.78 is 22.2. The third-order valence-corrected chi connectivity index (χ3v) is 5.73. The minimum Gasteiger partial charge on any atom is -0.458 e. The second kappa shape index (κ2) is 14.1. The van der Waals surface area contributed by atoms with Gasteiger partial charge in [0, 0.05) is 0 Å². The second-order valence-electron chi connectivity index (χ2n) is 8.55. The van der Waals surface area contributed by atoms with E-state index in [9.17, 15) is 19.2 Å². The van der Waals surface area contributed by atoms with Gasteiger partial charge in [-0.05, 0) is 48.5 Å². The number of ether oxygens (including phenoxy) is 4. The molecular weight excluding hydrogens is 512 g/mol. The molecule has 4 rings (SSSR count). The molecule has 0 radical (unpaired) electrons. The molecule has 40 heavy (non-hydrogen) atoms. The SMILES string of the molecule is O=C(OC[C@H](OC(=O)c1ccccc1)[C@@H](COC(=O)c1ccccc1)OC(=O)c1ccccc1)c1ccccc1. The Morgan fingerprint density at radius 3 is 0.925 bits per heavy atom. The van der Waals surface area contributed by atoms with E-state index in [4.69, 9.17) is 18.9 Å². The molecule has 8 nitrogen and oxygen atoms in total. The number of esters is 4. The van der Waals surface area contributed by atoms with Crippen LogP contribution in [0.5, 0.6) is 0 Å². The highest BCUT2D eigenvalue weighted by Crippen LogP contribution is 2.16. The van der Waals surface area contributed by atoms with E-state index in [1.165, 1.54) is 0 Å². The monoisotopic (exact) mass is 538 g/mol. The summed E-state index contributed by atoms with van der Waals surface area (Å²) in [7, 11) is 0. The van der Waals surface area contributed by atoms with Crippen LogP contribution >= 0.6 is 0 Å². The van der Waals surface area contributed by atoms with E-state index < -0.39 is 49.3 Å². The fourth-order valence-corrected chi connectivity index (χ4v) is 3.62. The van der Waals surface area contributed by atoms with Crippen molar-refractivity contribution in [3.05, 3.63) is 144 Å². The average molecular weight is 539 g/mol. The lowest BCUT2D eigenvalue weighted by Crippen LogP contribution is -2.42. The molecule has 4 aromatic carbocycles. The first kappa shape index (κ1) is 27.8. The Kier molecular flexibility index (Phi) is 9.77. The van der Waals surface area contributed by atoms with E-state index in [0.717, 1.165) is 0 Å². The van der Waals surface area contributed by atoms with Gasteiger partial charge in [0.25, 0.3) is 0 Å². The Bertz CT molecular complexity index is 1300. The smallest absolute Gasteiger partial charge is 0.338 e. The highest BCUT2D eigenvalue weighted by atomic mass is 16.6. The lowest BCUT2D eigenvalue weighted by Gasteiger charge is -2.26. The van der Waals surface area contributed by atoms with Crippen molar-refractivity contribution in [2.75, 3.05) is 13.2 Å². The molecule has 0 aromatic heterocycles. The van der Waals surface area contributed by atoms with Crippen LogP contribution in [0.15, 0.2) is 121 Å². The molecule has 4 aromatic rings. The Hall–Kier alpha value is -5.24. The molecule has 8 heteroatoms. The molecule has 0 aliphatic carbocycles. The highest BCUT2D eigenvalue weighted by Gasteiger charge is 2.33. The molecule has 0 saturated carbocycles. The number of hydrogen-bond donors (Lipinski definition) is 0. The van der Waals surface area contributed by atoms with Crippen molar-refractivity contribution < 1.29 is 38.1 Å². The van der Waals surface area contributed by atoms with Crippen molar-refractivity contribution in [2.45, 2.75) is 12.2 Å². The molecule has 0 aliphatic heterocycles. The standard InChI is InChI=1S/C32H26O8/c33-29(23-13-5-1-6-14-23)37-21-27(39-31(35)25-17-9-3-10-18-25)28(40-32(36)26-19-11-4-12-20-26)22-38-30(34)24-15-7-2-8-16-24/h1-20,27-28H,21-22H2/t27-,28+. The zero-order chi connectivity index (χ0) is 28.2. The predicted octanol–water partition coefficient (Wildman–Crippen LogP) is 5.15. The van der Waals surface area contributed by atoms with Gasteiger partial charge in [-0.3, -0.25) is 0 Å².